The van der Waals surface area contributed by atoms with Crippen LogP contribution in [0.2, 0.25) is 15.1 Å². The van der Waals surface area contributed by atoms with Gasteiger partial charge in [0, 0.05) is 11.6 Å². The number of halogens is 5. The predicted molar refractivity (Wildman–Crippen MR) is 122 cm³/mol. The molecule has 0 bridgehead atoms. The van der Waals surface area contributed by atoms with Crippen molar-refractivity contribution in [2.24, 2.45) is 5.92 Å². The van der Waals surface area contributed by atoms with Gasteiger partial charge in [-0.25, -0.2) is 0 Å². The molecular formula is C21H14Cl5N3O2. The Hall–Kier alpha value is -1.68. The molecule has 2 atom stereocenters. The molecule has 2 aliphatic rings. The summed E-state index contributed by atoms with van der Waals surface area (Å²) in [6, 6.07) is 11.6. The topological polar surface area (TPSA) is 82.0 Å². The molecule has 0 unspecified atom stereocenters. The first-order valence-corrected chi connectivity index (χ1v) is 11.1. The molecule has 0 heterocycles. The Kier molecular flexibility index (Phi) is 5.83. The average Bonchev–Trinajstić information content (AvgIpc) is 3.60. The monoisotopic (exact) mass is 515 g/mol. The van der Waals surface area contributed by atoms with Crippen LogP contribution in [-0.4, -0.2) is 21.7 Å². The fourth-order valence-electron chi connectivity index (χ4n) is 3.44. The summed E-state index contributed by atoms with van der Waals surface area (Å²) in [5.41, 5.74) is 0.366. The van der Waals surface area contributed by atoms with E-state index < -0.39 is 33.5 Å². The van der Waals surface area contributed by atoms with E-state index in [-0.39, 0.29) is 10.6 Å². The molecule has 5 nitrogen and oxygen atoms in total. The van der Waals surface area contributed by atoms with Gasteiger partial charge in [0.05, 0.1) is 32.6 Å². The molecule has 2 aromatic rings. The van der Waals surface area contributed by atoms with Crippen molar-refractivity contribution in [3.05, 3.63) is 62.6 Å². The van der Waals surface area contributed by atoms with Gasteiger partial charge in [-0.15, -0.1) is 23.2 Å². The number of amides is 2. The van der Waals surface area contributed by atoms with Crippen LogP contribution in [0.15, 0.2) is 36.4 Å². The second kappa shape index (κ2) is 8.03. The Morgan fingerprint density at radius 1 is 1.00 bits per heavy atom. The minimum Gasteiger partial charge on any atom is -0.334 e. The molecule has 2 aliphatic carbocycles. The highest BCUT2D eigenvalue weighted by molar-refractivity contribution is 6.53. The molecule has 10 heteroatoms. The Morgan fingerprint density at radius 3 is 2.29 bits per heavy atom. The zero-order valence-corrected chi connectivity index (χ0v) is 19.5. The first-order valence-electron chi connectivity index (χ1n) is 9.25. The molecule has 0 aliphatic heterocycles. The van der Waals surface area contributed by atoms with Crippen LogP contribution in [0.25, 0.3) is 0 Å². The summed E-state index contributed by atoms with van der Waals surface area (Å²) in [5.74, 6) is -2.09. The number of carbonyl (C=O) groups excluding carboxylic acids is 2. The number of nitrogens with zero attached hydrogens (tertiary/aromatic N) is 1. The van der Waals surface area contributed by atoms with Crippen LogP contribution in [0.3, 0.4) is 0 Å². The molecule has 0 aromatic heterocycles. The number of alkyl halides is 2. The second-order valence-electron chi connectivity index (χ2n) is 7.64. The van der Waals surface area contributed by atoms with Crippen molar-refractivity contribution in [1.29, 1.82) is 5.26 Å². The fourth-order valence-corrected chi connectivity index (χ4v) is 4.78. The minimum atomic E-state index is -1.31. The van der Waals surface area contributed by atoms with Crippen molar-refractivity contribution in [3.63, 3.8) is 0 Å². The summed E-state index contributed by atoms with van der Waals surface area (Å²) in [6.07, 6.45) is 1.18. The van der Waals surface area contributed by atoms with Crippen LogP contribution < -0.4 is 10.6 Å². The van der Waals surface area contributed by atoms with E-state index in [4.69, 9.17) is 63.3 Å². The number of rotatable bonds is 5. The average molecular weight is 518 g/mol. The van der Waals surface area contributed by atoms with Gasteiger partial charge in [-0.3, -0.25) is 9.59 Å². The summed E-state index contributed by atoms with van der Waals surface area (Å²) in [6.45, 7) is 0. The lowest BCUT2D eigenvalue weighted by Crippen LogP contribution is -2.35. The van der Waals surface area contributed by atoms with E-state index in [1.807, 2.05) is 0 Å². The number of nitrogens with one attached hydrogen (secondary N) is 2. The maximum absolute atomic E-state index is 12.9. The molecule has 31 heavy (non-hydrogen) atoms. The van der Waals surface area contributed by atoms with E-state index in [0.29, 0.717) is 34.1 Å². The lowest BCUT2D eigenvalue weighted by molar-refractivity contribution is -0.117. The van der Waals surface area contributed by atoms with Crippen molar-refractivity contribution in [2.45, 2.75) is 28.6 Å². The van der Waals surface area contributed by atoms with Crippen molar-refractivity contribution in [1.82, 2.24) is 5.32 Å². The minimum absolute atomic E-state index is 0.154. The normalized spacial score (nSPS) is 22.2. The van der Waals surface area contributed by atoms with Crippen LogP contribution in [-0.2, 0) is 4.79 Å². The van der Waals surface area contributed by atoms with Crippen molar-refractivity contribution in [3.8, 4) is 6.07 Å². The number of benzene rings is 2. The van der Waals surface area contributed by atoms with Gasteiger partial charge in [-0.2, -0.15) is 5.26 Å². The van der Waals surface area contributed by atoms with Crippen molar-refractivity contribution < 1.29 is 9.59 Å². The Balaban J connectivity index is 1.50. The first-order chi connectivity index (χ1) is 14.6. The molecule has 2 saturated carbocycles. The van der Waals surface area contributed by atoms with Gasteiger partial charge < -0.3 is 10.6 Å². The molecule has 0 radical (unpaired) electrons. The SMILES string of the molecule is N#CC1(NC(=O)c2cc(NC(=O)[C@@H]3[C@@H](c4ccc(Cl)c(Cl)c4)C3(Cl)Cl)ccc2Cl)CC1. The van der Waals surface area contributed by atoms with E-state index in [0.717, 1.165) is 0 Å². The van der Waals surface area contributed by atoms with E-state index in [1.165, 1.54) is 12.1 Å². The van der Waals surface area contributed by atoms with Crippen LogP contribution >= 0.6 is 58.0 Å². The van der Waals surface area contributed by atoms with Gasteiger partial charge in [-0.05, 0) is 48.7 Å². The van der Waals surface area contributed by atoms with Crippen molar-refractivity contribution >= 4 is 75.5 Å². The molecule has 4 rings (SSSR count). The molecule has 0 saturated heterocycles. The quantitative estimate of drug-likeness (QED) is 0.480. The maximum Gasteiger partial charge on any atom is 0.254 e. The smallest absolute Gasteiger partial charge is 0.254 e. The van der Waals surface area contributed by atoms with E-state index in [1.54, 1.807) is 24.3 Å². The number of hydrogen-bond donors (Lipinski definition) is 2. The van der Waals surface area contributed by atoms with Gasteiger partial charge in [0.1, 0.15) is 9.87 Å². The van der Waals surface area contributed by atoms with Gasteiger partial charge >= 0.3 is 0 Å². The number of carbonyl (C=O) groups is 2. The predicted octanol–water partition coefficient (Wildman–Crippen LogP) is 5.96. The molecular weight excluding hydrogens is 504 g/mol. The molecule has 2 amide bonds. The standard InChI is InChI=1S/C21H14Cl5N3O2/c22-13-4-2-11(8-12(13)18(30)29-20(9-27)5-6-20)28-19(31)17-16(21(17,25)26)10-1-3-14(23)15(24)7-10/h1-4,7-8,16-17H,5-6H2,(H,28,31)(H,29,30)/t16-,17+/m1/s1. The summed E-state index contributed by atoms with van der Waals surface area (Å²) < 4.78 is -1.31. The fraction of sp³-hybridized carbons (Fsp3) is 0.286. The van der Waals surface area contributed by atoms with Crippen LogP contribution in [0, 0.1) is 17.2 Å². The molecule has 0 spiro atoms. The largest absolute Gasteiger partial charge is 0.334 e. The third-order valence-corrected chi connectivity index (χ3v) is 7.44. The Labute approximate surface area is 203 Å². The zero-order chi connectivity index (χ0) is 22.6. The Morgan fingerprint density at radius 2 is 1.68 bits per heavy atom. The summed E-state index contributed by atoms with van der Waals surface area (Å²) >= 11 is 30.9. The lowest BCUT2D eigenvalue weighted by atomic mass is 10.1. The summed E-state index contributed by atoms with van der Waals surface area (Å²) in [7, 11) is 0. The van der Waals surface area contributed by atoms with Gasteiger partial charge in [-0.1, -0.05) is 40.9 Å². The van der Waals surface area contributed by atoms with Gasteiger partial charge in [0.15, 0.2) is 0 Å². The molecule has 2 aromatic carbocycles. The maximum atomic E-state index is 12.9. The number of anilines is 1. The third kappa shape index (κ3) is 4.33. The van der Waals surface area contributed by atoms with Crippen LogP contribution in [0.4, 0.5) is 5.69 Å². The number of nitriles is 1. The highest BCUT2D eigenvalue weighted by Crippen LogP contribution is 2.65. The van der Waals surface area contributed by atoms with Gasteiger partial charge in [0.25, 0.3) is 5.91 Å². The van der Waals surface area contributed by atoms with E-state index in [9.17, 15) is 9.59 Å². The third-order valence-electron chi connectivity index (χ3n) is 5.43. The molecule has 2 fully saturated rings. The van der Waals surface area contributed by atoms with E-state index in [2.05, 4.69) is 16.7 Å². The van der Waals surface area contributed by atoms with Crippen LogP contribution in [0.5, 0.6) is 0 Å². The summed E-state index contributed by atoms with van der Waals surface area (Å²) in [4.78, 5) is 25.4. The highest BCUT2D eigenvalue weighted by atomic mass is 35.5. The van der Waals surface area contributed by atoms with Gasteiger partial charge in [0.2, 0.25) is 5.91 Å². The molecule has 2 N–H and O–H groups in total. The second-order valence-corrected chi connectivity index (χ2v) is 10.3. The van der Waals surface area contributed by atoms with E-state index >= 15 is 0 Å². The highest BCUT2D eigenvalue weighted by Gasteiger charge is 2.67. The number of hydrogen-bond acceptors (Lipinski definition) is 3. The molecule has 160 valence electrons. The Bertz CT molecular complexity index is 1140. The first kappa shape index (κ1) is 22.5. The van der Waals surface area contributed by atoms with Crippen LogP contribution in [0.1, 0.15) is 34.7 Å². The lowest BCUT2D eigenvalue weighted by Gasteiger charge is -2.12. The van der Waals surface area contributed by atoms with Crippen molar-refractivity contribution in [2.75, 3.05) is 5.32 Å². The zero-order valence-electron chi connectivity index (χ0n) is 15.7. The summed E-state index contributed by atoms with van der Waals surface area (Å²) in [5, 5.41) is 15.5.